The molecule has 0 bridgehead atoms. The Kier molecular flexibility index (Phi) is 7.34. The third kappa shape index (κ3) is 5.99. The van der Waals surface area contributed by atoms with Crippen molar-refractivity contribution >= 4 is 28.9 Å². The predicted octanol–water partition coefficient (Wildman–Crippen LogP) is 1.81. The summed E-state index contributed by atoms with van der Waals surface area (Å²) in [6, 6.07) is 5.60. The minimum Gasteiger partial charge on any atom is -0.463 e. The number of esters is 1. The highest BCUT2D eigenvalue weighted by molar-refractivity contribution is 7.11. The van der Waals surface area contributed by atoms with Crippen LogP contribution in [-0.2, 0) is 25.6 Å². The first kappa shape index (κ1) is 19.6. The second-order valence-corrected chi connectivity index (χ2v) is 6.95. The number of rotatable bonds is 9. The van der Waals surface area contributed by atoms with Crippen LogP contribution in [0.3, 0.4) is 0 Å². The first-order valence-electron chi connectivity index (χ1n) is 8.21. The Labute approximate surface area is 155 Å². The molecule has 8 nitrogen and oxygen atoms in total. The zero-order valence-electron chi connectivity index (χ0n) is 14.9. The van der Waals surface area contributed by atoms with Crippen LogP contribution in [0.15, 0.2) is 29.6 Å². The molecule has 2 aromatic heterocycles. The quantitative estimate of drug-likeness (QED) is 0.393. The molecule has 1 amide bonds. The van der Waals surface area contributed by atoms with E-state index in [9.17, 15) is 9.59 Å². The van der Waals surface area contributed by atoms with Crippen LogP contribution in [0, 0.1) is 6.92 Å². The summed E-state index contributed by atoms with van der Waals surface area (Å²) in [7, 11) is 0. The van der Waals surface area contributed by atoms with E-state index in [0.29, 0.717) is 12.1 Å². The molecule has 1 unspecified atom stereocenters. The SMILES string of the molecule is CCOC(=O)CON=C(C(=O)NC(C)Cc1ccc(C)s1)c1ccn[nH]1. The first-order valence-corrected chi connectivity index (χ1v) is 9.02. The lowest BCUT2D eigenvalue weighted by molar-refractivity contribution is -0.148. The molecule has 0 spiro atoms. The maximum absolute atomic E-state index is 12.6. The summed E-state index contributed by atoms with van der Waals surface area (Å²) in [5, 5.41) is 13.2. The number of nitrogens with zero attached hydrogens (tertiary/aromatic N) is 2. The second kappa shape index (κ2) is 9.71. The van der Waals surface area contributed by atoms with Gasteiger partial charge in [0.2, 0.25) is 6.61 Å². The van der Waals surface area contributed by atoms with Crippen LogP contribution in [0.25, 0.3) is 0 Å². The number of oxime groups is 1. The zero-order valence-corrected chi connectivity index (χ0v) is 15.8. The molecule has 0 aliphatic carbocycles. The number of hydrogen-bond acceptors (Lipinski definition) is 7. The minimum absolute atomic E-state index is 0.0148. The molecule has 2 N–H and O–H groups in total. The van der Waals surface area contributed by atoms with Gasteiger partial charge in [0, 0.05) is 28.4 Å². The molecule has 0 aliphatic rings. The van der Waals surface area contributed by atoms with Crippen molar-refractivity contribution in [3.05, 3.63) is 39.8 Å². The van der Waals surface area contributed by atoms with Crippen LogP contribution in [0.5, 0.6) is 0 Å². The molecule has 0 radical (unpaired) electrons. The molecular weight excluding hydrogens is 356 g/mol. The van der Waals surface area contributed by atoms with E-state index < -0.39 is 11.9 Å². The van der Waals surface area contributed by atoms with Gasteiger partial charge in [0.1, 0.15) is 0 Å². The highest BCUT2D eigenvalue weighted by Gasteiger charge is 2.19. The van der Waals surface area contributed by atoms with Crippen molar-refractivity contribution in [2.24, 2.45) is 5.16 Å². The van der Waals surface area contributed by atoms with E-state index in [2.05, 4.69) is 32.8 Å². The van der Waals surface area contributed by atoms with Crippen LogP contribution < -0.4 is 5.32 Å². The topological polar surface area (TPSA) is 106 Å². The highest BCUT2D eigenvalue weighted by Crippen LogP contribution is 2.16. The van der Waals surface area contributed by atoms with E-state index in [1.54, 1.807) is 24.3 Å². The van der Waals surface area contributed by atoms with Gasteiger partial charge in [0.25, 0.3) is 5.91 Å². The third-order valence-electron chi connectivity index (χ3n) is 3.30. The van der Waals surface area contributed by atoms with Gasteiger partial charge in [-0.05, 0) is 39.0 Å². The van der Waals surface area contributed by atoms with E-state index in [1.165, 1.54) is 16.0 Å². The van der Waals surface area contributed by atoms with E-state index in [4.69, 9.17) is 9.57 Å². The monoisotopic (exact) mass is 378 g/mol. The molecule has 26 heavy (non-hydrogen) atoms. The number of amides is 1. The number of H-pyrrole nitrogens is 1. The fourth-order valence-corrected chi connectivity index (χ4v) is 3.21. The van der Waals surface area contributed by atoms with Crippen molar-refractivity contribution < 1.29 is 19.2 Å². The maximum Gasteiger partial charge on any atom is 0.347 e. The van der Waals surface area contributed by atoms with Gasteiger partial charge >= 0.3 is 5.97 Å². The Morgan fingerprint density at radius 2 is 2.19 bits per heavy atom. The predicted molar refractivity (Wildman–Crippen MR) is 98.1 cm³/mol. The Balaban J connectivity index is 2.00. The van der Waals surface area contributed by atoms with Crippen LogP contribution in [-0.4, -0.2) is 47.0 Å². The molecule has 0 aromatic carbocycles. The molecule has 9 heteroatoms. The van der Waals surface area contributed by atoms with E-state index in [1.807, 2.05) is 13.8 Å². The molecule has 0 fully saturated rings. The summed E-state index contributed by atoms with van der Waals surface area (Å²) in [5.41, 5.74) is 0.409. The number of carbonyl (C=O) groups excluding carboxylic acids is 2. The molecule has 2 heterocycles. The summed E-state index contributed by atoms with van der Waals surface area (Å²) in [6.07, 6.45) is 2.21. The van der Waals surface area contributed by atoms with E-state index in [-0.39, 0.29) is 25.0 Å². The van der Waals surface area contributed by atoms with E-state index >= 15 is 0 Å². The molecular formula is C17H22N4O4S. The van der Waals surface area contributed by atoms with Gasteiger partial charge < -0.3 is 14.9 Å². The lowest BCUT2D eigenvalue weighted by Gasteiger charge is -2.13. The average molecular weight is 378 g/mol. The van der Waals surface area contributed by atoms with Crippen molar-refractivity contribution in [3.63, 3.8) is 0 Å². The normalized spacial score (nSPS) is 12.5. The van der Waals surface area contributed by atoms with Gasteiger partial charge in [0.15, 0.2) is 5.71 Å². The number of ether oxygens (including phenoxy) is 1. The Morgan fingerprint density at radius 3 is 2.81 bits per heavy atom. The fourth-order valence-electron chi connectivity index (χ4n) is 2.19. The number of aryl methyl sites for hydroxylation is 1. The Bertz CT molecular complexity index is 755. The highest BCUT2D eigenvalue weighted by atomic mass is 32.1. The fraction of sp³-hybridized carbons (Fsp3) is 0.412. The smallest absolute Gasteiger partial charge is 0.347 e. The third-order valence-corrected chi connectivity index (χ3v) is 4.32. The van der Waals surface area contributed by atoms with Gasteiger partial charge in [-0.1, -0.05) is 5.16 Å². The van der Waals surface area contributed by atoms with Crippen LogP contribution >= 0.6 is 11.3 Å². The lowest BCUT2D eigenvalue weighted by Crippen LogP contribution is -2.39. The van der Waals surface area contributed by atoms with Crippen LogP contribution in [0.1, 0.15) is 29.3 Å². The standard InChI is InChI=1S/C17H22N4O4S/c1-4-24-15(22)10-25-21-16(14-7-8-18-20-14)17(23)19-11(2)9-13-6-5-12(3)26-13/h5-8,11H,4,9-10H2,1-3H3,(H,18,20)(H,19,23). The van der Waals surface area contributed by atoms with Crippen molar-refractivity contribution in [1.82, 2.24) is 15.5 Å². The second-order valence-electron chi connectivity index (χ2n) is 5.58. The van der Waals surface area contributed by atoms with Crippen molar-refractivity contribution in [3.8, 4) is 0 Å². The summed E-state index contributed by atoms with van der Waals surface area (Å²) in [4.78, 5) is 31.3. The minimum atomic E-state index is -0.554. The molecule has 1 atom stereocenters. The number of aromatic amines is 1. The largest absolute Gasteiger partial charge is 0.463 e. The molecule has 2 aromatic rings. The average Bonchev–Trinajstić information content (AvgIpc) is 3.23. The van der Waals surface area contributed by atoms with Gasteiger partial charge in [-0.15, -0.1) is 11.3 Å². The molecule has 0 saturated carbocycles. The number of thiophene rings is 1. The van der Waals surface area contributed by atoms with Crippen molar-refractivity contribution in [1.29, 1.82) is 0 Å². The Hall–Kier alpha value is -2.68. The summed E-state index contributed by atoms with van der Waals surface area (Å²) in [6.45, 7) is 5.53. The Morgan fingerprint density at radius 1 is 1.38 bits per heavy atom. The van der Waals surface area contributed by atoms with E-state index in [0.717, 1.165) is 0 Å². The van der Waals surface area contributed by atoms with Crippen LogP contribution in [0.4, 0.5) is 0 Å². The number of hydrogen-bond donors (Lipinski definition) is 2. The molecule has 2 rings (SSSR count). The number of aromatic nitrogens is 2. The van der Waals surface area contributed by atoms with Crippen molar-refractivity contribution in [2.75, 3.05) is 13.2 Å². The van der Waals surface area contributed by atoms with Crippen LogP contribution in [0.2, 0.25) is 0 Å². The molecule has 140 valence electrons. The van der Waals surface area contributed by atoms with Gasteiger partial charge in [-0.2, -0.15) is 5.10 Å². The molecule has 0 saturated heterocycles. The summed E-state index contributed by atoms with van der Waals surface area (Å²) < 4.78 is 4.76. The first-order chi connectivity index (χ1) is 12.5. The summed E-state index contributed by atoms with van der Waals surface area (Å²) >= 11 is 1.70. The number of carbonyl (C=O) groups is 2. The van der Waals surface area contributed by atoms with Gasteiger partial charge in [-0.25, -0.2) is 4.79 Å². The van der Waals surface area contributed by atoms with Gasteiger partial charge in [-0.3, -0.25) is 9.89 Å². The zero-order chi connectivity index (χ0) is 18.9. The van der Waals surface area contributed by atoms with Gasteiger partial charge in [0.05, 0.1) is 12.3 Å². The van der Waals surface area contributed by atoms with Crippen molar-refractivity contribution in [2.45, 2.75) is 33.2 Å². The maximum atomic E-state index is 12.6. The molecule has 0 aliphatic heterocycles. The lowest BCUT2D eigenvalue weighted by atomic mass is 10.2. The summed E-state index contributed by atoms with van der Waals surface area (Å²) in [5.74, 6) is -0.971. The number of nitrogens with one attached hydrogen (secondary N) is 2.